The van der Waals surface area contributed by atoms with Gasteiger partial charge in [0.25, 0.3) is 5.91 Å². The van der Waals surface area contributed by atoms with Crippen molar-refractivity contribution in [3.63, 3.8) is 0 Å². The molecular weight excluding hydrogens is 274 g/mol. The van der Waals surface area contributed by atoms with Gasteiger partial charge in [-0.3, -0.25) is 4.79 Å². The lowest BCUT2D eigenvalue weighted by atomic mass is 10.1. The Morgan fingerprint density at radius 1 is 1.33 bits per heavy atom. The maximum Gasteiger partial charge on any atom is 0.258 e. The van der Waals surface area contributed by atoms with Gasteiger partial charge in [-0.05, 0) is 26.0 Å². The zero-order valence-electron chi connectivity index (χ0n) is 12.9. The molecule has 0 saturated heterocycles. The number of rotatable bonds is 8. The number of aliphatic hydroxyl groups is 1. The number of amides is 1. The Morgan fingerprint density at radius 2 is 2.05 bits per heavy atom. The Morgan fingerprint density at radius 3 is 2.62 bits per heavy atom. The molecule has 0 aromatic heterocycles. The lowest BCUT2D eigenvalue weighted by Crippen LogP contribution is -2.38. The first-order chi connectivity index (χ1) is 9.97. The van der Waals surface area contributed by atoms with Crippen LogP contribution in [0.5, 0.6) is 11.5 Å². The molecule has 1 unspecified atom stereocenters. The number of carbonyl (C=O) groups excluding carboxylic acids is 1. The Bertz CT molecular complexity index is 461. The molecule has 1 rings (SSSR count). The molecule has 0 radical (unpaired) electrons. The van der Waals surface area contributed by atoms with Crippen LogP contribution in [0.4, 0.5) is 0 Å². The summed E-state index contributed by atoms with van der Waals surface area (Å²) in [4.78, 5) is 11.8. The van der Waals surface area contributed by atoms with Gasteiger partial charge in [0.05, 0.1) is 19.8 Å². The number of carbonyl (C=O) groups is 1. The second-order valence-corrected chi connectivity index (χ2v) is 4.79. The van der Waals surface area contributed by atoms with Gasteiger partial charge in [-0.1, -0.05) is 0 Å². The minimum atomic E-state index is -0.693. The summed E-state index contributed by atoms with van der Waals surface area (Å²) < 4.78 is 15.5. The number of ether oxygens (including phenoxy) is 3. The van der Waals surface area contributed by atoms with E-state index in [4.69, 9.17) is 14.2 Å². The summed E-state index contributed by atoms with van der Waals surface area (Å²) in [5.41, 5.74) is 0.605. The van der Waals surface area contributed by atoms with E-state index in [0.29, 0.717) is 23.7 Å². The first-order valence-electron chi connectivity index (χ1n) is 6.75. The molecule has 118 valence electrons. The smallest absolute Gasteiger partial charge is 0.258 e. The van der Waals surface area contributed by atoms with E-state index in [2.05, 4.69) is 5.32 Å². The van der Waals surface area contributed by atoms with Crippen LogP contribution in [0, 0.1) is 0 Å². The highest BCUT2D eigenvalue weighted by Crippen LogP contribution is 2.29. The maximum atomic E-state index is 11.8. The zero-order chi connectivity index (χ0) is 15.8. The monoisotopic (exact) mass is 297 g/mol. The van der Waals surface area contributed by atoms with Gasteiger partial charge in [0, 0.05) is 24.8 Å². The highest BCUT2D eigenvalue weighted by atomic mass is 16.5. The molecule has 2 N–H and O–H groups in total. The van der Waals surface area contributed by atoms with E-state index in [1.54, 1.807) is 39.3 Å². The van der Waals surface area contributed by atoms with Crippen LogP contribution in [0.3, 0.4) is 0 Å². The average molecular weight is 297 g/mol. The fraction of sp³-hybridized carbons (Fsp3) is 0.533. The molecule has 0 aliphatic rings. The molecule has 6 heteroatoms. The van der Waals surface area contributed by atoms with E-state index in [0.717, 1.165) is 0 Å². The molecule has 2 atom stereocenters. The summed E-state index contributed by atoms with van der Waals surface area (Å²) in [7, 11) is 3.12. The van der Waals surface area contributed by atoms with Crippen LogP contribution in [0.15, 0.2) is 18.2 Å². The third kappa shape index (κ3) is 5.61. The van der Waals surface area contributed by atoms with Crippen molar-refractivity contribution in [2.24, 2.45) is 0 Å². The average Bonchev–Trinajstić information content (AvgIpc) is 2.44. The molecule has 0 bridgehead atoms. The van der Waals surface area contributed by atoms with Gasteiger partial charge >= 0.3 is 0 Å². The molecule has 0 aliphatic carbocycles. The minimum absolute atomic E-state index is 0.0901. The molecular formula is C15H23NO5. The highest BCUT2D eigenvalue weighted by Gasteiger charge is 2.13. The summed E-state index contributed by atoms with van der Waals surface area (Å²) in [5.74, 6) is 0.778. The molecule has 1 amide bonds. The van der Waals surface area contributed by atoms with Crippen molar-refractivity contribution in [3.8, 4) is 11.5 Å². The lowest BCUT2D eigenvalue weighted by Gasteiger charge is -2.16. The predicted octanol–water partition coefficient (Wildman–Crippen LogP) is 1.28. The van der Waals surface area contributed by atoms with E-state index in [9.17, 15) is 9.90 Å². The van der Waals surface area contributed by atoms with Crippen molar-refractivity contribution in [1.82, 2.24) is 5.32 Å². The van der Waals surface area contributed by atoms with Crippen LogP contribution in [0.25, 0.3) is 0 Å². The van der Waals surface area contributed by atoms with Crippen LogP contribution in [-0.4, -0.2) is 44.5 Å². The van der Waals surface area contributed by atoms with Gasteiger partial charge in [-0.2, -0.15) is 0 Å². The second-order valence-electron chi connectivity index (χ2n) is 4.79. The molecule has 0 aliphatic heterocycles. The number of nitrogens with one attached hydrogen (secondary N) is 1. The summed E-state index contributed by atoms with van der Waals surface area (Å²) in [6, 6.07) is 5.00. The van der Waals surface area contributed by atoms with Gasteiger partial charge < -0.3 is 24.6 Å². The van der Waals surface area contributed by atoms with E-state index < -0.39 is 6.10 Å². The topological polar surface area (TPSA) is 77.0 Å². The van der Waals surface area contributed by atoms with Gasteiger partial charge in [0.2, 0.25) is 0 Å². The van der Waals surface area contributed by atoms with Gasteiger partial charge in [0.15, 0.2) is 6.61 Å². The molecule has 1 aromatic carbocycles. The van der Waals surface area contributed by atoms with Crippen molar-refractivity contribution < 1.29 is 24.1 Å². The van der Waals surface area contributed by atoms with Crippen LogP contribution in [0.1, 0.15) is 25.5 Å². The van der Waals surface area contributed by atoms with Crippen molar-refractivity contribution >= 4 is 5.91 Å². The van der Waals surface area contributed by atoms with Gasteiger partial charge in [-0.15, -0.1) is 0 Å². The van der Waals surface area contributed by atoms with E-state index in [1.807, 2.05) is 6.92 Å². The quantitative estimate of drug-likeness (QED) is 0.756. The zero-order valence-corrected chi connectivity index (χ0v) is 12.9. The molecule has 21 heavy (non-hydrogen) atoms. The first kappa shape index (κ1) is 17.3. The fourth-order valence-corrected chi connectivity index (χ4v) is 1.86. The van der Waals surface area contributed by atoms with E-state index in [1.165, 1.54) is 0 Å². The van der Waals surface area contributed by atoms with E-state index >= 15 is 0 Å². The number of benzene rings is 1. The van der Waals surface area contributed by atoms with Crippen LogP contribution in [0.2, 0.25) is 0 Å². The Labute approximate surface area is 125 Å². The Hall–Kier alpha value is -1.79. The van der Waals surface area contributed by atoms with Crippen molar-refractivity contribution in [2.75, 3.05) is 27.4 Å². The third-order valence-corrected chi connectivity index (χ3v) is 2.85. The summed E-state index contributed by atoms with van der Waals surface area (Å²) >= 11 is 0. The number of hydrogen-bond acceptors (Lipinski definition) is 5. The summed E-state index contributed by atoms with van der Waals surface area (Å²) in [6.45, 7) is 3.77. The van der Waals surface area contributed by atoms with Crippen molar-refractivity contribution in [3.05, 3.63) is 23.8 Å². The van der Waals surface area contributed by atoms with Crippen molar-refractivity contribution in [1.29, 1.82) is 0 Å². The largest absolute Gasteiger partial charge is 0.497 e. The first-order valence-corrected chi connectivity index (χ1v) is 6.75. The standard InChI is InChI=1S/C15H23NO5/c1-10(8-19-3)16-15(18)9-21-14-7-12(20-4)5-6-13(14)11(2)17/h5-7,10-11,17H,8-9H2,1-4H3,(H,16,18)/t10?,11-/m1/s1. The normalized spacial score (nSPS) is 13.4. The molecule has 1 aromatic rings. The maximum absolute atomic E-state index is 11.8. The van der Waals surface area contributed by atoms with Gasteiger partial charge in [0.1, 0.15) is 11.5 Å². The SMILES string of the molecule is COCC(C)NC(=O)COc1cc(OC)ccc1[C@@H](C)O. The third-order valence-electron chi connectivity index (χ3n) is 2.85. The van der Waals surface area contributed by atoms with Crippen molar-refractivity contribution in [2.45, 2.75) is 26.0 Å². The number of methoxy groups -OCH3 is 2. The highest BCUT2D eigenvalue weighted by molar-refractivity contribution is 5.77. The molecule has 6 nitrogen and oxygen atoms in total. The lowest BCUT2D eigenvalue weighted by molar-refractivity contribution is -0.124. The second kappa shape index (κ2) is 8.49. The number of hydrogen-bond donors (Lipinski definition) is 2. The molecule has 0 saturated carbocycles. The fourth-order valence-electron chi connectivity index (χ4n) is 1.86. The van der Waals surface area contributed by atoms with Crippen LogP contribution < -0.4 is 14.8 Å². The summed E-state index contributed by atoms with van der Waals surface area (Å²) in [6.07, 6.45) is -0.693. The Kier molecular flexibility index (Phi) is 6.98. The van der Waals surface area contributed by atoms with Crippen LogP contribution in [-0.2, 0) is 9.53 Å². The summed E-state index contributed by atoms with van der Waals surface area (Å²) in [5, 5.41) is 12.5. The van der Waals surface area contributed by atoms with E-state index in [-0.39, 0.29) is 18.6 Å². The molecule has 0 heterocycles. The minimum Gasteiger partial charge on any atom is -0.497 e. The van der Waals surface area contributed by atoms with Crippen LogP contribution >= 0.6 is 0 Å². The Balaban J connectivity index is 2.67. The molecule has 0 spiro atoms. The predicted molar refractivity (Wildman–Crippen MR) is 78.6 cm³/mol. The van der Waals surface area contributed by atoms with Gasteiger partial charge in [-0.25, -0.2) is 0 Å². The number of aliphatic hydroxyl groups excluding tert-OH is 1. The molecule has 0 fully saturated rings.